The standard InChI is InChI=1S/C25H22ClFN4O2S/c1-25(2)11-18-21(19(32)12-25)22(15-3-7-16(26)8-4-15)31-23(28-18)29-24(30-31)34-13-20(33)14-5-9-17(27)10-6-14/h3-10,22H,11-13H2,1-2H3,(H,28,29,30). The Balaban J connectivity index is 1.47. The van der Waals surface area contributed by atoms with E-state index < -0.39 is 6.04 Å². The van der Waals surface area contributed by atoms with Gasteiger partial charge in [-0.2, -0.15) is 4.98 Å². The highest BCUT2D eigenvalue weighted by atomic mass is 35.5. The fraction of sp³-hybridized carbons (Fsp3) is 0.280. The van der Waals surface area contributed by atoms with Crippen LogP contribution in [0.3, 0.4) is 0 Å². The molecule has 0 radical (unpaired) electrons. The first-order valence-corrected chi connectivity index (χ1v) is 12.2. The smallest absolute Gasteiger partial charge is 0.227 e. The molecule has 34 heavy (non-hydrogen) atoms. The summed E-state index contributed by atoms with van der Waals surface area (Å²) >= 11 is 7.31. The van der Waals surface area contributed by atoms with Crippen molar-refractivity contribution in [1.82, 2.24) is 14.8 Å². The number of rotatable bonds is 5. The van der Waals surface area contributed by atoms with Crippen molar-refractivity contribution in [3.63, 3.8) is 0 Å². The van der Waals surface area contributed by atoms with E-state index in [1.165, 1.54) is 36.0 Å². The van der Waals surface area contributed by atoms with E-state index in [4.69, 9.17) is 11.6 Å². The van der Waals surface area contributed by atoms with E-state index in [0.29, 0.717) is 33.7 Å². The van der Waals surface area contributed by atoms with Gasteiger partial charge in [-0.25, -0.2) is 9.07 Å². The van der Waals surface area contributed by atoms with Gasteiger partial charge >= 0.3 is 0 Å². The fourth-order valence-electron chi connectivity index (χ4n) is 4.45. The van der Waals surface area contributed by atoms with E-state index in [1.807, 2.05) is 12.1 Å². The number of halogens is 2. The molecular formula is C25H22ClFN4O2S. The molecule has 1 unspecified atom stereocenters. The highest BCUT2D eigenvalue weighted by Crippen LogP contribution is 2.45. The Morgan fingerprint density at radius 1 is 1.18 bits per heavy atom. The van der Waals surface area contributed by atoms with E-state index in [-0.39, 0.29) is 28.6 Å². The summed E-state index contributed by atoms with van der Waals surface area (Å²) in [6, 6.07) is 12.4. The molecule has 1 N–H and O–H groups in total. The van der Waals surface area contributed by atoms with Gasteiger partial charge in [-0.1, -0.05) is 49.3 Å². The SMILES string of the molecule is CC1(C)CC(=O)C2=C(C1)Nc1nc(SCC(=O)c3ccc(F)cc3)nn1C2c1ccc(Cl)cc1. The number of carbonyl (C=O) groups excluding carboxylic acids is 2. The van der Waals surface area contributed by atoms with Crippen LogP contribution >= 0.6 is 23.4 Å². The monoisotopic (exact) mass is 496 g/mol. The van der Waals surface area contributed by atoms with E-state index in [2.05, 4.69) is 29.2 Å². The van der Waals surface area contributed by atoms with Gasteiger partial charge in [-0.05, 0) is 53.8 Å². The van der Waals surface area contributed by atoms with Gasteiger partial charge < -0.3 is 5.32 Å². The molecule has 174 valence electrons. The number of carbonyl (C=O) groups is 2. The Bertz CT molecular complexity index is 1320. The van der Waals surface area contributed by atoms with Crippen molar-refractivity contribution in [1.29, 1.82) is 0 Å². The number of benzene rings is 2. The predicted molar refractivity (Wildman–Crippen MR) is 130 cm³/mol. The van der Waals surface area contributed by atoms with Gasteiger partial charge in [0.2, 0.25) is 11.1 Å². The largest absolute Gasteiger partial charge is 0.328 e. The lowest BCUT2D eigenvalue weighted by atomic mass is 9.73. The number of ketones is 2. The number of hydrogen-bond acceptors (Lipinski definition) is 6. The lowest BCUT2D eigenvalue weighted by molar-refractivity contribution is -0.118. The van der Waals surface area contributed by atoms with Crippen LogP contribution in [0.25, 0.3) is 0 Å². The highest BCUT2D eigenvalue weighted by molar-refractivity contribution is 7.99. The Morgan fingerprint density at radius 3 is 2.59 bits per heavy atom. The second kappa shape index (κ2) is 8.67. The summed E-state index contributed by atoms with van der Waals surface area (Å²) in [6.45, 7) is 4.16. The maximum Gasteiger partial charge on any atom is 0.227 e. The molecule has 0 spiro atoms. The van der Waals surface area contributed by atoms with Crippen LogP contribution in [-0.2, 0) is 4.79 Å². The van der Waals surface area contributed by atoms with Gasteiger partial charge in [0.25, 0.3) is 0 Å². The molecule has 0 bridgehead atoms. The van der Waals surface area contributed by atoms with Crippen LogP contribution in [0, 0.1) is 11.2 Å². The van der Waals surface area contributed by atoms with E-state index in [0.717, 1.165) is 17.7 Å². The Morgan fingerprint density at radius 2 is 1.88 bits per heavy atom. The molecule has 0 saturated heterocycles. The number of thioether (sulfide) groups is 1. The van der Waals surface area contributed by atoms with Crippen LogP contribution in [0.15, 0.2) is 65.0 Å². The molecule has 9 heteroatoms. The molecule has 2 aromatic carbocycles. The molecule has 1 aliphatic carbocycles. The molecule has 1 aliphatic heterocycles. The first-order chi connectivity index (χ1) is 16.2. The van der Waals surface area contributed by atoms with Crippen LogP contribution in [0.4, 0.5) is 10.3 Å². The van der Waals surface area contributed by atoms with E-state index in [9.17, 15) is 14.0 Å². The van der Waals surface area contributed by atoms with Crippen LogP contribution in [0.2, 0.25) is 5.02 Å². The normalized spacial score (nSPS) is 18.8. The number of Topliss-reactive ketones (excluding diaryl/α,β-unsaturated/α-hetero) is 2. The minimum Gasteiger partial charge on any atom is -0.328 e. The third-order valence-electron chi connectivity index (χ3n) is 6.00. The lowest BCUT2D eigenvalue weighted by Gasteiger charge is -2.38. The van der Waals surface area contributed by atoms with Gasteiger partial charge in [0.05, 0.1) is 5.75 Å². The quantitative estimate of drug-likeness (QED) is 0.360. The number of hydrogen-bond donors (Lipinski definition) is 1. The Kier molecular flexibility index (Phi) is 5.81. The van der Waals surface area contributed by atoms with E-state index in [1.54, 1.807) is 16.8 Å². The summed E-state index contributed by atoms with van der Waals surface area (Å²) in [6.07, 6.45) is 1.17. The summed E-state index contributed by atoms with van der Waals surface area (Å²) in [5.74, 6) is 0.191. The van der Waals surface area contributed by atoms with Crippen molar-refractivity contribution in [2.24, 2.45) is 5.41 Å². The van der Waals surface area contributed by atoms with Crippen molar-refractivity contribution in [3.05, 3.63) is 81.8 Å². The minimum absolute atomic E-state index is 0.0838. The molecule has 2 aliphatic rings. The first kappa shape index (κ1) is 22.8. The third-order valence-corrected chi connectivity index (χ3v) is 7.09. The van der Waals surface area contributed by atoms with Crippen molar-refractivity contribution >= 4 is 40.9 Å². The van der Waals surface area contributed by atoms with Crippen LogP contribution in [0.1, 0.15) is 48.7 Å². The zero-order valence-corrected chi connectivity index (χ0v) is 20.2. The maximum absolute atomic E-state index is 13.2. The number of aromatic nitrogens is 3. The van der Waals surface area contributed by atoms with Crippen molar-refractivity contribution < 1.29 is 14.0 Å². The van der Waals surface area contributed by atoms with E-state index >= 15 is 0 Å². The van der Waals surface area contributed by atoms with Crippen molar-refractivity contribution in [2.45, 2.75) is 37.9 Å². The van der Waals surface area contributed by atoms with Crippen LogP contribution in [-0.4, -0.2) is 32.1 Å². The predicted octanol–water partition coefficient (Wildman–Crippen LogP) is 5.70. The zero-order chi connectivity index (χ0) is 24.0. The molecule has 1 aromatic heterocycles. The average molecular weight is 497 g/mol. The Hall–Kier alpha value is -2.97. The molecule has 0 amide bonds. The van der Waals surface area contributed by atoms with Gasteiger partial charge in [0.1, 0.15) is 11.9 Å². The summed E-state index contributed by atoms with van der Waals surface area (Å²) in [5.41, 5.74) is 2.71. The summed E-state index contributed by atoms with van der Waals surface area (Å²) in [4.78, 5) is 30.4. The molecule has 0 saturated carbocycles. The van der Waals surface area contributed by atoms with Gasteiger partial charge in [0, 0.05) is 28.3 Å². The second-order valence-corrected chi connectivity index (χ2v) is 10.7. The molecule has 2 heterocycles. The first-order valence-electron chi connectivity index (χ1n) is 10.9. The van der Waals surface area contributed by atoms with Crippen LogP contribution < -0.4 is 5.32 Å². The summed E-state index contributed by atoms with van der Waals surface area (Å²) in [5, 5.41) is 9.00. The van der Waals surface area contributed by atoms with Crippen LogP contribution in [0.5, 0.6) is 0 Å². The number of nitrogens with zero attached hydrogens (tertiary/aromatic N) is 3. The number of allylic oxidation sites excluding steroid dienone is 2. The lowest BCUT2D eigenvalue weighted by Crippen LogP contribution is -2.36. The van der Waals surface area contributed by atoms with Crippen molar-refractivity contribution in [2.75, 3.05) is 11.1 Å². The molecule has 3 aromatic rings. The molecule has 0 fully saturated rings. The summed E-state index contributed by atoms with van der Waals surface area (Å²) in [7, 11) is 0. The molecule has 6 nitrogen and oxygen atoms in total. The zero-order valence-electron chi connectivity index (χ0n) is 18.6. The molecular weight excluding hydrogens is 475 g/mol. The third kappa shape index (κ3) is 4.40. The number of fused-ring (bicyclic) bond motifs is 1. The average Bonchev–Trinajstić information content (AvgIpc) is 3.19. The van der Waals surface area contributed by atoms with Crippen molar-refractivity contribution in [3.8, 4) is 0 Å². The topological polar surface area (TPSA) is 76.9 Å². The summed E-state index contributed by atoms with van der Waals surface area (Å²) < 4.78 is 14.9. The van der Waals surface area contributed by atoms with Gasteiger partial charge in [-0.3, -0.25) is 9.59 Å². The number of anilines is 1. The second-order valence-electron chi connectivity index (χ2n) is 9.29. The number of nitrogens with one attached hydrogen (secondary N) is 1. The maximum atomic E-state index is 13.2. The molecule has 5 rings (SSSR count). The minimum atomic E-state index is -0.429. The van der Waals surface area contributed by atoms with Gasteiger partial charge in [-0.15, -0.1) is 5.10 Å². The highest BCUT2D eigenvalue weighted by Gasteiger charge is 2.41. The molecule has 1 atom stereocenters. The van der Waals surface area contributed by atoms with Gasteiger partial charge in [0.15, 0.2) is 11.6 Å². The Labute approximate surface area is 205 Å². The fourth-order valence-corrected chi connectivity index (χ4v) is 5.30.